The van der Waals surface area contributed by atoms with Gasteiger partial charge in [-0.1, -0.05) is 12.1 Å². The highest BCUT2D eigenvalue weighted by molar-refractivity contribution is 5.94. The Labute approximate surface area is 81.4 Å². The Bertz CT molecular complexity index is 368. The molecule has 0 atom stereocenters. The monoisotopic (exact) mass is 194 g/mol. The van der Waals surface area contributed by atoms with Gasteiger partial charge >= 0.3 is 11.9 Å². The Morgan fingerprint density at radius 3 is 2.50 bits per heavy atom. The number of benzene rings is 1. The van der Waals surface area contributed by atoms with Crippen LogP contribution in [-0.4, -0.2) is 20.2 Å². The molecule has 4 nitrogen and oxygen atoms in total. The topological polar surface area (TPSA) is 44.8 Å². The lowest BCUT2D eigenvalue weighted by Gasteiger charge is -2.23. The summed E-state index contributed by atoms with van der Waals surface area (Å²) in [6.07, 6.45) is 0. The van der Waals surface area contributed by atoms with Crippen LogP contribution < -0.4 is 0 Å². The van der Waals surface area contributed by atoms with Crippen molar-refractivity contribution in [3.63, 3.8) is 0 Å². The number of hydrogen-bond acceptors (Lipinski definition) is 4. The van der Waals surface area contributed by atoms with E-state index in [-0.39, 0.29) is 0 Å². The van der Waals surface area contributed by atoms with Crippen LogP contribution in [0.4, 0.5) is 0 Å². The van der Waals surface area contributed by atoms with Gasteiger partial charge in [0.2, 0.25) is 0 Å². The lowest BCUT2D eigenvalue weighted by molar-refractivity contribution is -0.340. The first-order valence-corrected chi connectivity index (χ1v) is 4.16. The number of esters is 1. The third-order valence-electron chi connectivity index (χ3n) is 2.24. The standard InChI is InChI=1S/C10H10O4/c1-12-10(13-2)8-6-4-3-5-7(8)9(11)14-10/h3-6H,1-2H3. The van der Waals surface area contributed by atoms with E-state index in [4.69, 9.17) is 14.2 Å². The molecular formula is C10H10O4. The first kappa shape index (κ1) is 9.18. The number of ether oxygens (including phenoxy) is 3. The number of rotatable bonds is 2. The van der Waals surface area contributed by atoms with Gasteiger partial charge in [0, 0.05) is 14.2 Å². The molecule has 4 heteroatoms. The van der Waals surface area contributed by atoms with Crippen LogP contribution in [0.3, 0.4) is 0 Å². The van der Waals surface area contributed by atoms with Crippen molar-refractivity contribution in [2.45, 2.75) is 5.97 Å². The number of hydrogen-bond donors (Lipinski definition) is 0. The molecule has 0 radical (unpaired) electrons. The molecule has 1 aromatic rings. The summed E-state index contributed by atoms with van der Waals surface area (Å²) >= 11 is 0. The normalized spacial score (nSPS) is 17.7. The molecule has 0 bridgehead atoms. The van der Waals surface area contributed by atoms with Gasteiger partial charge < -0.3 is 14.2 Å². The van der Waals surface area contributed by atoms with Crippen LogP contribution in [0.15, 0.2) is 24.3 Å². The Morgan fingerprint density at radius 2 is 1.86 bits per heavy atom. The molecular weight excluding hydrogens is 184 g/mol. The van der Waals surface area contributed by atoms with Gasteiger partial charge in [-0.3, -0.25) is 0 Å². The summed E-state index contributed by atoms with van der Waals surface area (Å²) in [6.45, 7) is 0. The highest BCUT2D eigenvalue weighted by Gasteiger charge is 2.46. The van der Waals surface area contributed by atoms with E-state index in [0.717, 1.165) is 0 Å². The van der Waals surface area contributed by atoms with E-state index in [0.29, 0.717) is 11.1 Å². The summed E-state index contributed by atoms with van der Waals surface area (Å²) in [4.78, 5) is 11.4. The van der Waals surface area contributed by atoms with Crippen LogP contribution in [-0.2, 0) is 20.2 Å². The number of cyclic esters (lactones) is 1. The van der Waals surface area contributed by atoms with Crippen LogP contribution in [0.5, 0.6) is 0 Å². The second kappa shape index (κ2) is 3.08. The molecule has 74 valence electrons. The first-order chi connectivity index (χ1) is 6.73. The molecule has 1 aliphatic rings. The van der Waals surface area contributed by atoms with E-state index >= 15 is 0 Å². The van der Waals surface area contributed by atoms with Crippen molar-refractivity contribution in [3.8, 4) is 0 Å². The zero-order valence-electron chi connectivity index (χ0n) is 7.94. The molecule has 0 amide bonds. The number of fused-ring (bicyclic) bond motifs is 1. The van der Waals surface area contributed by atoms with Crippen molar-refractivity contribution in [2.24, 2.45) is 0 Å². The van der Waals surface area contributed by atoms with Crippen LogP contribution >= 0.6 is 0 Å². The van der Waals surface area contributed by atoms with Crippen molar-refractivity contribution in [1.82, 2.24) is 0 Å². The van der Waals surface area contributed by atoms with Crippen molar-refractivity contribution in [3.05, 3.63) is 35.4 Å². The fourth-order valence-corrected chi connectivity index (χ4v) is 1.55. The van der Waals surface area contributed by atoms with Gasteiger partial charge in [-0.25, -0.2) is 4.79 Å². The van der Waals surface area contributed by atoms with Crippen LogP contribution in [0.2, 0.25) is 0 Å². The van der Waals surface area contributed by atoms with E-state index in [9.17, 15) is 4.79 Å². The third kappa shape index (κ3) is 1.05. The van der Waals surface area contributed by atoms with Gasteiger partial charge in [0.1, 0.15) is 0 Å². The van der Waals surface area contributed by atoms with Gasteiger partial charge in [0.05, 0.1) is 11.1 Å². The average molecular weight is 194 g/mol. The van der Waals surface area contributed by atoms with Crippen LogP contribution in [0.25, 0.3) is 0 Å². The highest BCUT2D eigenvalue weighted by Crippen LogP contribution is 2.37. The molecule has 0 fully saturated rings. The van der Waals surface area contributed by atoms with Gasteiger partial charge in [-0.2, -0.15) is 0 Å². The Balaban J connectivity index is 2.58. The first-order valence-electron chi connectivity index (χ1n) is 4.16. The summed E-state index contributed by atoms with van der Waals surface area (Å²) in [5, 5.41) is 0. The molecule has 1 aromatic carbocycles. The maximum Gasteiger partial charge on any atom is 0.359 e. The number of carbonyl (C=O) groups is 1. The SMILES string of the molecule is COC1(OC)OC(=O)c2ccccc21. The maximum atomic E-state index is 11.4. The fraction of sp³-hybridized carbons (Fsp3) is 0.300. The predicted octanol–water partition coefficient (Wildman–Crippen LogP) is 1.26. The molecule has 2 rings (SSSR count). The predicted molar refractivity (Wildman–Crippen MR) is 47.6 cm³/mol. The molecule has 0 N–H and O–H groups in total. The minimum absolute atomic E-state index is 0.427. The van der Waals surface area contributed by atoms with E-state index < -0.39 is 11.9 Å². The van der Waals surface area contributed by atoms with Gasteiger partial charge in [-0.15, -0.1) is 0 Å². The van der Waals surface area contributed by atoms with E-state index in [1.165, 1.54) is 14.2 Å². The zero-order chi connectivity index (χ0) is 10.2. The molecule has 0 spiro atoms. The average Bonchev–Trinajstić information content (AvgIpc) is 2.53. The van der Waals surface area contributed by atoms with E-state index in [1.807, 2.05) is 0 Å². The molecule has 14 heavy (non-hydrogen) atoms. The molecule has 0 saturated heterocycles. The van der Waals surface area contributed by atoms with Crippen molar-refractivity contribution >= 4 is 5.97 Å². The van der Waals surface area contributed by atoms with E-state index in [2.05, 4.69) is 0 Å². The third-order valence-corrected chi connectivity index (χ3v) is 2.24. The second-order valence-electron chi connectivity index (χ2n) is 2.90. The lowest BCUT2D eigenvalue weighted by Crippen LogP contribution is -2.30. The maximum absolute atomic E-state index is 11.4. The number of carbonyl (C=O) groups excluding carboxylic acids is 1. The molecule has 1 aliphatic heterocycles. The van der Waals surface area contributed by atoms with Crippen molar-refractivity contribution < 1.29 is 19.0 Å². The smallest absolute Gasteiger partial charge is 0.359 e. The summed E-state index contributed by atoms with van der Waals surface area (Å²) in [5.74, 6) is -1.79. The Kier molecular flexibility index (Phi) is 2.02. The van der Waals surface area contributed by atoms with Crippen LogP contribution in [0, 0.1) is 0 Å². The summed E-state index contributed by atoms with van der Waals surface area (Å²) in [7, 11) is 2.86. The van der Waals surface area contributed by atoms with Crippen molar-refractivity contribution in [2.75, 3.05) is 14.2 Å². The minimum atomic E-state index is -1.37. The molecule has 0 saturated carbocycles. The van der Waals surface area contributed by atoms with Gasteiger partial charge in [-0.05, 0) is 12.1 Å². The molecule has 1 heterocycles. The molecule has 0 aliphatic carbocycles. The Hall–Kier alpha value is -1.39. The second-order valence-corrected chi connectivity index (χ2v) is 2.90. The summed E-state index contributed by atoms with van der Waals surface area (Å²) in [5.41, 5.74) is 1.09. The fourth-order valence-electron chi connectivity index (χ4n) is 1.55. The van der Waals surface area contributed by atoms with Crippen molar-refractivity contribution in [1.29, 1.82) is 0 Å². The molecule has 0 unspecified atom stereocenters. The largest absolute Gasteiger partial charge is 0.400 e. The summed E-state index contributed by atoms with van der Waals surface area (Å²) in [6, 6.07) is 6.99. The summed E-state index contributed by atoms with van der Waals surface area (Å²) < 4.78 is 15.2. The quantitative estimate of drug-likeness (QED) is 0.525. The van der Waals surface area contributed by atoms with Gasteiger partial charge in [0.25, 0.3) is 0 Å². The molecule has 0 aromatic heterocycles. The van der Waals surface area contributed by atoms with Gasteiger partial charge in [0.15, 0.2) is 0 Å². The number of methoxy groups -OCH3 is 2. The lowest BCUT2D eigenvalue weighted by atomic mass is 10.1. The van der Waals surface area contributed by atoms with E-state index in [1.54, 1.807) is 24.3 Å². The highest BCUT2D eigenvalue weighted by atomic mass is 16.9. The Morgan fingerprint density at radius 1 is 1.21 bits per heavy atom. The zero-order valence-corrected chi connectivity index (χ0v) is 7.94. The van der Waals surface area contributed by atoms with Crippen LogP contribution in [0.1, 0.15) is 15.9 Å². The minimum Gasteiger partial charge on any atom is -0.400 e.